The molecule has 0 spiro atoms. The first-order chi connectivity index (χ1) is 11.4. The highest BCUT2D eigenvalue weighted by atomic mass is 79.9. The van der Waals surface area contributed by atoms with E-state index in [-0.39, 0.29) is 5.69 Å². The minimum Gasteiger partial charge on any atom is -0.452 e. The number of carbonyl (C=O) groups is 2. The Morgan fingerprint density at radius 3 is 2.75 bits per heavy atom. The molecule has 0 aromatic heterocycles. The third-order valence-electron chi connectivity index (χ3n) is 2.81. The summed E-state index contributed by atoms with van der Waals surface area (Å²) in [6, 6.07) is 11.1. The third kappa shape index (κ3) is 5.79. The molecule has 2 aromatic rings. The summed E-state index contributed by atoms with van der Waals surface area (Å²) in [7, 11) is 0. The molecule has 0 unspecified atom stereocenters. The van der Waals surface area contributed by atoms with Gasteiger partial charge in [-0.15, -0.1) is 0 Å². The topological polar surface area (TPSA) is 55.4 Å². The molecule has 0 saturated carbocycles. The lowest BCUT2D eigenvalue weighted by molar-refractivity contribution is -0.142. The maximum absolute atomic E-state index is 13.6. The molecule has 0 saturated heterocycles. The Hall–Kier alpha value is -2.18. The smallest absolute Gasteiger partial charge is 0.331 e. The Morgan fingerprint density at radius 2 is 2.04 bits per heavy atom. The molecule has 0 fully saturated rings. The van der Waals surface area contributed by atoms with Crippen LogP contribution in [0.25, 0.3) is 6.08 Å². The number of halogens is 3. The van der Waals surface area contributed by atoms with Gasteiger partial charge in [-0.3, -0.25) is 4.79 Å². The van der Waals surface area contributed by atoms with Crippen LogP contribution in [0.3, 0.4) is 0 Å². The lowest BCUT2D eigenvalue weighted by Gasteiger charge is -2.06. The summed E-state index contributed by atoms with van der Waals surface area (Å²) in [5.74, 6) is -1.92. The average molecular weight is 413 g/mol. The number of ether oxygens (including phenoxy) is 1. The van der Waals surface area contributed by atoms with Crippen molar-refractivity contribution in [2.45, 2.75) is 0 Å². The lowest BCUT2D eigenvalue weighted by atomic mass is 10.2. The van der Waals surface area contributed by atoms with Gasteiger partial charge >= 0.3 is 5.97 Å². The molecule has 1 N–H and O–H groups in total. The molecular formula is C17H12BrClFNO3. The zero-order valence-electron chi connectivity index (χ0n) is 12.3. The van der Waals surface area contributed by atoms with E-state index in [0.29, 0.717) is 9.50 Å². The normalized spacial score (nSPS) is 10.6. The largest absolute Gasteiger partial charge is 0.452 e. The number of amides is 1. The zero-order chi connectivity index (χ0) is 17.5. The number of rotatable bonds is 5. The van der Waals surface area contributed by atoms with Crippen molar-refractivity contribution in [1.82, 2.24) is 0 Å². The lowest BCUT2D eigenvalue weighted by Crippen LogP contribution is -2.20. The van der Waals surface area contributed by atoms with Gasteiger partial charge in [0.2, 0.25) is 0 Å². The van der Waals surface area contributed by atoms with E-state index in [1.807, 2.05) is 0 Å². The summed E-state index contributed by atoms with van der Waals surface area (Å²) in [5.41, 5.74) is 0.731. The van der Waals surface area contributed by atoms with Crippen LogP contribution in [0, 0.1) is 5.82 Å². The summed E-state index contributed by atoms with van der Waals surface area (Å²) >= 11 is 8.94. The summed E-state index contributed by atoms with van der Waals surface area (Å²) in [5, 5.41) is 2.86. The van der Waals surface area contributed by atoms with E-state index in [0.717, 1.165) is 5.56 Å². The van der Waals surface area contributed by atoms with Crippen LogP contribution < -0.4 is 5.32 Å². The van der Waals surface area contributed by atoms with Crippen molar-refractivity contribution in [2.24, 2.45) is 0 Å². The van der Waals surface area contributed by atoms with Crippen LogP contribution in [0.15, 0.2) is 53.0 Å². The van der Waals surface area contributed by atoms with Crippen LogP contribution >= 0.6 is 27.5 Å². The Balaban J connectivity index is 1.83. The second-order valence-corrected chi connectivity index (χ2v) is 6.02. The highest BCUT2D eigenvalue weighted by Crippen LogP contribution is 2.19. The molecular weight excluding hydrogens is 401 g/mol. The van der Waals surface area contributed by atoms with E-state index in [9.17, 15) is 14.0 Å². The van der Waals surface area contributed by atoms with Crippen LogP contribution in [-0.4, -0.2) is 18.5 Å². The fourth-order valence-electron chi connectivity index (χ4n) is 1.74. The van der Waals surface area contributed by atoms with E-state index >= 15 is 0 Å². The second-order valence-electron chi connectivity index (χ2n) is 4.67. The van der Waals surface area contributed by atoms with Gasteiger partial charge in [0.05, 0.1) is 5.69 Å². The van der Waals surface area contributed by atoms with Crippen molar-refractivity contribution >= 4 is 51.2 Å². The van der Waals surface area contributed by atoms with Crippen LogP contribution in [0.2, 0.25) is 5.02 Å². The molecule has 7 heteroatoms. The van der Waals surface area contributed by atoms with Gasteiger partial charge in [-0.25, -0.2) is 9.18 Å². The Labute approximate surface area is 151 Å². The van der Waals surface area contributed by atoms with Gasteiger partial charge < -0.3 is 10.1 Å². The molecule has 0 bridgehead atoms. The highest BCUT2D eigenvalue weighted by Gasteiger charge is 2.09. The molecule has 0 aliphatic rings. The van der Waals surface area contributed by atoms with Crippen molar-refractivity contribution in [3.63, 3.8) is 0 Å². The summed E-state index contributed by atoms with van der Waals surface area (Å²) < 4.78 is 18.9. The minimum absolute atomic E-state index is 0.00807. The molecule has 4 nitrogen and oxygen atoms in total. The van der Waals surface area contributed by atoms with Crippen molar-refractivity contribution in [3.8, 4) is 0 Å². The number of carbonyl (C=O) groups excluding carboxylic acids is 2. The number of nitrogens with one attached hydrogen (secondary N) is 1. The summed E-state index contributed by atoms with van der Waals surface area (Å²) in [6.07, 6.45) is 2.69. The number of esters is 1. The van der Waals surface area contributed by atoms with Crippen LogP contribution in [0.1, 0.15) is 5.56 Å². The second kappa shape index (κ2) is 8.61. The first-order valence-electron chi connectivity index (χ1n) is 6.79. The Kier molecular flexibility index (Phi) is 6.52. The minimum atomic E-state index is -0.693. The first-order valence-corrected chi connectivity index (χ1v) is 7.96. The fraction of sp³-hybridized carbons (Fsp3) is 0.0588. The van der Waals surface area contributed by atoms with Crippen LogP contribution in [-0.2, 0) is 14.3 Å². The monoisotopic (exact) mass is 411 g/mol. The van der Waals surface area contributed by atoms with Gasteiger partial charge in [-0.05, 0) is 42.0 Å². The van der Waals surface area contributed by atoms with Crippen molar-refractivity contribution in [2.75, 3.05) is 11.9 Å². The molecule has 0 aliphatic heterocycles. The summed E-state index contributed by atoms with van der Waals surface area (Å²) in [6.45, 7) is -0.520. The van der Waals surface area contributed by atoms with E-state index in [4.69, 9.17) is 16.3 Å². The first kappa shape index (κ1) is 18.2. The predicted octanol–water partition coefficient (Wildman–Crippen LogP) is 4.44. The number of hydrogen-bond donors (Lipinski definition) is 1. The molecule has 124 valence electrons. The van der Waals surface area contributed by atoms with E-state index < -0.39 is 24.3 Å². The van der Waals surface area contributed by atoms with Gasteiger partial charge in [-0.2, -0.15) is 0 Å². The predicted molar refractivity (Wildman–Crippen MR) is 94.2 cm³/mol. The van der Waals surface area contributed by atoms with Crippen LogP contribution in [0.4, 0.5) is 10.1 Å². The quantitative estimate of drug-likeness (QED) is 0.583. The van der Waals surface area contributed by atoms with E-state index in [1.165, 1.54) is 24.3 Å². The maximum atomic E-state index is 13.6. The third-order valence-corrected chi connectivity index (χ3v) is 3.54. The van der Waals surface area contributed by atoms with Crippen molar-refractivity contribution < 1.29 is 18.7 Å². The van der Waals surface area contributed by atoms with Gasteiger partial charge in [0, 0.05) is 15.6 Å². The van der Waals surface area contributed by atoms with Crippen LogP contribution in [0.5, 0.6) is 0 Å². The summed E-state index contributed by atoms with van der Waals surface area (Å²) in [4.78, 5) is 23.2. The van der Waals surface area contributed by atoms with Crippen molar-refractivity contribution in [1.29, 1.82) is 0 Å². The Morgan fingerprint density at radius 1 is 1.25 bits per heavy atom. The maximum Gasteiger partial charge on any atom is 0.331 e. The fourth-order valence-corrected chi connectivity index (χ4v) is 2.27. The SMILES string of the molecule is O=C(COC(=O)/C=C/c1cccc(Cl)c1)Nc1ccc(Br)cc1F. The Bertz CT molecular complexity index is 795. The van der Waals surface area contributed by atoms with E-state index in [1.54, 1.807) is 30.3 Å². The zero-order valence-corrected chi connectivity index (χ0v) is 14.6. The molecule has 2 rings (SSSR count). The van der Waals surface area contributed by atoms with Crippen molar-refractivity contribution in [3.05, 3.63) is 69.4 Å². The molecule has 0 radical (unpaired) electrons. The molecule has 2 aromatic carbocycles. The highest BCUT2D eigenvalue weighted by molar-refractivity contribution is 9.10. The number of benzene rings is 2. The average Bonchev–Trinajstić information content (AvgIpc) is 2.54. The number of anilines is 1. The van der Waals surface area contributed by atoms with Gasteiger partial charge in [0.1, 0.15) is 5.82 Å². The van der Waals surface area contributed by atoms with Gasteiger partial charge in [0.15, 0.2) is 6.61 Å². The molecule has 24 heavy (non-hydrogen) atoms. The molecule has 0 atom stereocenters. The molecule has 0 aliphatic carbocycles. The van der Waals surface area contributed by atoms with Gasteiger partial charge in [-0.1, -0.05) is 39.7 Å². The molecule has 0 heterocycles. The number of hydrogen-bond acceptors (Lipinski definition) is 3. The van der Waals surface area contributed by atoms with E-state index in [2.05, 4.69) is 21.2 Å². The van der Waals surface area contributed by atoms with Gasteiger partial charge in [0.25, 0.3) is 5.91 Å². The standard InChI is InChI=1S/C17H12BrClFNO3/c18-12-5-6-15(14(20)9-12)21-16(22)10-24-17(23)7-4-11-2-1-3-13(19)8-11/h1-9H,10H2,(H,21,22)/b7-4+. The molecule has 1 amide bonds.